The van der Waals surface area contributed by atoms with Crippen molar-refractivity contribution in [3.8, 4) is 5.75 Å². The molecule has 0 aliphatic carbocycles. The molecular formula is C23H25N4O5+. The Balaban J connectivity index is 1.75. The van der Waals surface area contributed by atoms with Gasteiger partial charge in [0.1, 0.15) is 17.1 Å². The number of nitrogens with zero attached hydrogens (tertiary/aromatic N) is 4. The number of β-amino-alcohol motifs (C(OH)–C–C–N with tert-alkyl or cyclic N) is 1. The lowest BCUT2D eigenvalue weighted by atomic mass is 9.92. The smallest absolute Gasteiger partial charge is 0.247 e. The normalized spacial score (nSPS) is 27.5. The van der Waals surface area contributed by atoms with Gasteiger partial charge in [-0.15, -0.1) is 5.01 Å². The van der Waals surface area contributed by atoms with Crippen molar-refractivity contribution in [2.24, 2.45) is 0 Å². The number of rotatable bonds is 6. The molecular weight excluding hydrogens is 412 g/mol. The van der Waals surface area contributed by atoms with Crippen LogP contribution >= 0.6 is 0 Å². The number of Topliss-reactive ketones (excluding diaryl/α,β-unsaturated/α-hetero) is 1. The van der Waals surface area contributed by atoms with E-state index in [9.17, 15) is 25.4 Å². The quantitative estimate of drug-likeness (QED) is 0.404. The number of phenolic OH excluding ortho intramolecular Hbond substituents is 1. The number of anilines is 2. The monoisotopic (exact) mass is 437 g/mol. The van der Waals surface area contributed by atoms with Crippen LogP contribution in [-0.4, -0.2) is 56.3 Å². The van der Waals surface area contributed by atoms with E-state index >= 15 is 0 Å². The van der Waals surface area contributed by atoms with E-state index in [-0.39, 0.29) is 24.7 Å². The fourth-order valence-electron chi connectivity index (χ4n) is 5.07. The Morgan fingerprint density at radius 1 is 1.16 bits per heavy atom. The minimum absolute atomic E-state index is 0.0338. The number of carbonyl (C=O) groups is 1. The molecule has 0 saturated heterocycles. The first-order chi connectivity index (χ1) is 15.4. The first-order valence-corrected chi connectivity index (χ1v) is 10.5. The number of hydroxylamine groups is 2. The van der Waals surface area contributed by atoms with Crippen LogP contribution in [0.1, 0.15) is 23.7 Å². The van der Waals surface area contributed by atoms with Gasteiger partial charge in [-0.25, -0.2) is 0 Å². The highest BCUT2D eigenvalue weighted by atomic mass is 16.6. The number of hydrogen-bond acceptors (Lipinski definition) is 8. The van der Waals surface area contributed by atoms with E-state index in [1.807, 2.05) is 6.92 Å². The molecule has 9 heteroatoms. The molecule has 2 bridgehead atoms. The Kier molecular flexibility index (Phi) is 4.54. The summed E-state index contributed by atoms with van der Waals surface area (Å²) in [5.74, 6) is -0.320. The summed E-state index contributed by atoms with van der Waals surface area (Å²) < 4.78 is -0.797. The maximum Gasteiger partial charge on any atom is 0.247 e. The minimum Gasteiger partial charge on any atom is -0.508 e. The predicted octanol–water partition coefficient (Wildman–Crippen LogP) is 2.73. The Morgan fingerprint density at radius 3 is 2.59 bits per heavy atom. The van der Waals surface area contributed by atoms with Crippen molar-refractivity contribution in [1.82, 2.24) is 9.66 Å². The van der Waals surface area contributed by atoms with Gasteiger partial charge in [-0.1, -0.05) is 13.0 Å². The van der Waals surface area contributed by atoms with E-state index in [4.69, 9.17) is 0 Å². The summed E-state index contributed by atoms with van der Waals surface area (Å²) in [5, 5.41) is 45.0. The molecule has 3 heterocycles. The molecule has 0 saturated carbocycles. The summed E-state index contributed by atoms with van der Waals surface area (Å²) in [4.78, 5) is 15.9. The van der Waals surface area contributed by atoms with Gasteiger partial charge in [-0.2, -0.15) is 10.3 Å². The second-order valence-corrected chi connectivity index (χ2v) is 8.09. The van der Waals surface area contributed by atoms with E-state index in [1.165, 1.54) is 24.3 Å². The number of quaternary nitrogens is 1. The van der Waals surface area contributed by atoms with Crippen LogP contribution in [0.25, 0.3) is 0 Å². The average Bonchev–Trinajstić information content (AvgIpc) is 3.15. The van der Waals surface area contributed by atoms with E-state index in [0.717, 1.165) is 5.06 Å². The lowest BCUT2D eigenvalue weighted by Crippen LogP contribution is -2.77. The number of aromatic hydroxyl groups is 1. The third kappa shape index (κ3) is 2.44. The van der Waals surface area contributed by atoms with Crippen LogP contribution in [0, 0.1) is 0 Å². The molecule has 3 unspecified atom stereocenters. The highest BCUT2D eigenvalue weighted by Gasteiger charge is 2.67. The summed E-state index contributed by atoms with van der Waals surface area (Å²) >= 11 is 0. The number of hydrogen-bond donors (Lipinski definition) is 4. The minimum atomic E-state index is -1.55. The molecule has 0 fully saturated rings. The van der Waals surface area contributed by atoms with Crippen LogP contribution < -0.4 is 14.8 Å². The third-order valence-electron chi connectivity index (χ3n) is 6.44. The van der Waals surface area contributed by atoms with Crippen molar-refractivity contribution >= 4 is 22.8 Å². The fourth-order valence-corrected chi connectivity index (χ4v) is 5.07. The van der Waals surface area contributed by atoms with Gasteiger partial charge in [0.05, 0.1) is 6.61 Å². The zero-order valence-corrected chi connectivity index (χ0v) is 17.5. The summed E-state index contributed by atoms with van der Waals surface area (Å²) in [6, 6.07) is 11.2. The molecule has 3 aliphatic rings. The van der Waals surface area contributed by atoms with E-state index in [0.29, 0.717) is 29.0 Å². The Morgan fingerprint density at radius 2 is 1.91 bits per heavy atom. The zero-order chi connectivity index (χ0) is 22.7. The summed E-state index contributed by atoms with van der Waals surface area (Å²) in [5.41, 5.74) is 0.330. The molecule has 32 heavy (non-hydrogen) atoms. The molecule has 4 N–H and O–H groups in total. The summed E-state index contributed by atoms with van der Waals surface area (Å²) in [6.45, 7) is 1.76. The lowest BCUT2D eigenvalue weighted by molar-refractivity contribution is -0.145. The SMILES string of the molecule is CCC1N(O)c2ccc3cc2[N+]1(O)N3C1(C(=O)c2ccc(O)cc2)C=CC=CN1CCO. The maximum absolute atomic E-state index is 14.2. The second kappa shape index (κ2) is 7.07. The molecule has 9 nitrogen and oxygen atoms in total. The Bertz CT molecular complexity index is 1130. The third-order valence-corrected chi connectivity index (χ3v) is 6.44. The van der Waals surface area contributed by atoms with Crippen molar-refractivity contribution in [2.75, 3.05) is 23.2 Å². The number of ketones is 1. The van der Waals surface area contributed by atoms with Gasteiger partial charge in [0.25, 0.3) is 0 Å². The van der Waals surface area contributed by atoms with Crippen molar-refractivity contribution < 1.29 is 25.4 Å². The van der Waals surface area contributed by atoms with Crippen LogP contribution in [0.2, 0.25) is 0 Å². The molecule has 2 aromatic carbocycles. The van der Waals surface area contributed by atoms with Gasteiger partial charge in [0.2, 0.25) is 23.3 Å². The molecule has 2 aromatic rings. The van der Waals surface area contributed by atoms with E-state index < -0.39 is 16.6 Å². The van der Waals surface area contributed by atoms with Crippen molar-refractivity contribution in [1.29, 1.82) is 0 Å². The van der Waals surface area contributed by atoms with Crippen LogP contribution in [0.3, 0.4) is 0 Å². The number of fused-ring (bicyclic) bond motifs is 1. The van der Waals surface area contributed by atoms with E-state index in [1.54, 1.807) is 52.5 Å². The van der Waals surface area contributed by atoms with Crippen molar-refractivity contribution in [3.05, 3.63) is 72.5 Å². The number of aliphatic hydroxyl groups is 1. The van der Waals surface area contributed by atoms with Crippen LogP contribution in [0.15, 0.2) is 66.9 Å². The Hall–Kier alpha value is -3.37. The predicted molar refractivity (Wildman–Crippen MR) is 118 cm³/mol. The van der Waals surface area contributed by atoms with Crippen LogP contribution in [0.5, 0.6) is 5.75 Å². The van der Waals surface area contributed by atoms with Crippen LogP contribution in [-0.2, 0) is 0 Å². The standard InChI is InChI=1S/C23H24N4O5/c1-2-21-25(31)19-10-7-17-15-20(19)27(21,32)26(17)23(11-3-4-12-24(23)13-14-28)22(30)16-5-8-18(29)9-6-16/h3-12,15,21,28,31-32H,2,13-14H2,1H3/p+1. The number of aliphatic hydroxyl groups excluding tert-OH is 1. The number of carbonyl (C=O) groups excluding carboxylic acids is 1. The molecule has 0 amide bonds. The zero-order valence-electron chi connectivity index (χ0n) is 17.5. The molecule has 0 spiro atoms. The fraction of sp³-hybridized carbons (Fsp3) is 0.261. The molecule has 0 aromatic heterocycles. The first-order valence-electron chi connectivity index (χ1n) is 10.5. The van der Waals surface area contributed by atoms with Crippen LogP contribution in [0.4, 0.5) is 17.1 Å². The van der Waals surface area contributed by atoms with Crippen molar-refractivity contribution in [3.63, 3.8) is 0 Å². The number of phenols is 1. The topological polar surface area (TPSA) is 108 Å². The number of benzene rings is 2. The summed E-state index contributed by atoms with van der Waals surface area (Å²) in [7, 11) is 0. The Labute approximate surface area is 185 Å². The van der Waals surface area contributed by atoms with Gasteiger partial charge >= 0.3 is 0 Å². The van der Waals surface area contributed by atoms with Gasteiger partial charge in [-0.3, -0.25) is 10.0 Å². The molecule has 3 atom stereocenters. The lowest BCUT2D eigenvalue weighted by Gasteiger charge is -2.51. The van der Waals surface area contributed by atoms with Crippen molar-refractivity contribution in [2.45, 2.75) is 25.2 Å². The average molecular weight is 437 g/mol. The highest BCUT2D eigenvalue weighted by Crippen LogP contribution is 2.56. The highest BCUT2D eigenvalue weighted by molar-refractivity contribution is 6.08. The largest absolute Gasteiger partial charge is 0.508 e. The number of allylic oxidation sites excluding steroid dienone is 2. The van der Waals surface area contributed by atoms with Gasteiger partial charge < -0.3 is 15.1 Å². The first kappa shape index (κ1) is 20.5. The molecule has 0 radical (unpaired) electrons. The molecule has 166 valence electrons. The van der Waals surface area contributed by atoms with Gasteiger partial charge in [-0.05, 0) is 53.3 Å². The second-order valence-electron chi connectivity index (χ2n) is 8.09. The molecule has 5 rings (SSSR count). The van der Waals surface area contributed by atoms with Gasteiger partial charge in [0.15, 0.2) is 0 Å². The maximum atomic E-state index is 14.2. The molecule has 3 aliphatic heterocycles. The van der Waals surface area contributed by atoms with E-state index in [2.05, 4.69) is 0 Å². The summed E-state index contributed by atoms with van der Waals surface area (Å²) in [6.07, 6.45) is 6.52. The van der Waals surface area contributed by atoms with Gasteiger partial charge in [0, 0.05) is 30.8 Å².